The maximum Gasteiger partial charge on any atom is 0.354 e. The number of hydrogen-bond acceptors (Lipinski definition) is 7. The van der Waals surface area contributed by atoms with Crippen LogP contribution in [0.15, 0.2) is 30.5 Å². The van der Waals surface area contributed by atoms with E-state index in [9.17, 15) is 14.4 Å². The molecule has 1 aromatic heterocycles. The Morgan fingerprint density at radius 1 is 1.19 bits per heavy atom. The lowest BCUT2D eigenvalue weighted by molar-refractivity contribution is -0.224. The van der Waals surface area contributed by atoms with Crippen LogP contribution in [-0.2, 0) is 30.8 Å². The van der Waals surface area contributed by atoms with Gasteiger partial charge in [-0.15, -0.1) is 0 Å². The van der Waals surface area contributed by atoms with Crippen molar-refractivity contribution < 1.29 is 28.6 Å². The van der Waals surface area contributed by atoms with Crippen LogP contribution in [0.4, 0.5) is 0 Å². The molecule has 2 heterocycles. The topological polar surface area (TPSA) is 96.7 Å². The van der Waals surface area contributed by atoms with Crippen LogP contribution in [0.1, 0.15) is 49.9 Å². The molecule has 4 rings (SSSR count). The average Bonchev–Trinajstić information content (AvgIpc) is 3.31. The van der Waals surface area contributed by atoms with Gasteiger partial charge in [0, 0.05) is 35.2 Å². The van der Waals surface area contributed by atoms with Crippen LogP contribution in [0, 0.1) is 3.57 Å². The number of benzene rings is 1. The standard InChI is InChI=1S/C22H23IN2O6/c1-13(2)29-19(26)16-12-25(3)24-18(16)14-7-6-8-15(11-14)23-17-20(27)30-22(31-21(17)28)9-4-5-10-22/h6-8,11-13H,4-5,9-10H2,1-3H3. The minimum atomic E-state index is -1.13. The molecule has 2 aliphatic rings. The lowest BCUT2D eigenvalue weighted by Crippen LogP contribution is -2.48. The summed E-state index contributed by atoms with van der Waals surface area (Å²) in [4.78, 5) is 37.6. The highest BCUT2D eigenvalue weighted by Gasteiger charge is 2.48. The molecule has 164 valence electrons. The van der Waals surface area contributed by atoms with Crippen LogP contribution in [0.5, 0.6) is 0 Å². The van der Waals surface area contributed by atoms with Gasteiger partial charge < -0.3 is 14.2 Å². The maximum absolute atomic E-state index is 12.6. The number of hydrogen-bond donors (Lipinski definition) is 0. The molecule has 1 aliphatic carbocycles. The first-order chi connectivity index (χ1) is 14.8. The predicted molar refractivity (Wildman–Crippen MR) is 120 cm³/mol. The summed E-state index contributed by atoms with van der Waals surface area (Å²) >= 11 is -1.13. The Bertz CT molecular complexity index is 1060. The van der Waals surface area contributed by atoms with Gasteiger partial charge in [-0.2, -0.15) is 5.10 Å². The third kappa shape index (κ3) is 4.56. The molecule has 1 saturated heterocycles. The zero-order chi connectivity index (χ0) is 22.2. The first kappa shape index (κ1) is 21.7. The predicted octanol–water partition coefficient (Wildman–Crippen LogP) is 3.34. The molecule has 2 aromatic rings. The fourth-order valence-corrected chi connectivity index (χ4v) is 5.82. The summed E-state index contributed by atoms with van der Waals surface area (Å²) in [7, 11) is 1.73. The van der Waals surface area contributed by atoms with Crippen molar-refractivity contribution in [2.24, 2.45) is 7.05 Å². The van der Waals surface area contributed by atoms with Crippen LogP contribution in [0.25, 0.3) is 11.3 Å². The van der Waals surface area contributed by atoms with Crippen LogP contribution >= 0.6 is 20.7 Å². The van der Waals surface area contributed by atoms with Crippen molar-refractivity contribution in [3.8, 4) is 11.3 Å². The van der Waals surface area contributed by atoms with Gasteiger partial charge >= 0.3 is 17.9 Å². The van der Waals surface area contributed by atoms with E-state index in [1.54, 1.807) is 31.8 Å². The van der Waals surface area contributed by atoms with Crippen molar-refractivity contribution in [3.05, 3.63) is 39.6 Å². The van der Waals surface area contributed by atoms with Crippen molar-refractivity contribution in [1.29, 1.82) is 0 Å². The molecule has 1 saturated carbocycles. The normalized spacial score (nSPS) is 17.7. The van der Waals surface area contributed by atoms with E-state index in [2.05, 4.69) is 5.10 Å². The van der Waals surface area contributed by atoms with E-state index < -0.39 is 44.4 Å². The third-order valence-corrected chi connectivity index (χ3v) is 7.69. The Balaban J connectivity index is 1.64. The van der Waals surface area contributed by atoms with Crippen LogP contribution in [0.2, 0.25) is 0 Å². The minimum Gasteiger partial charge on any atom is -0.459 e. The second kappa shape index (κ2) is 8.52. The first-order valence-electron chi connectivity index (χ1n) is 10.1. The van der Waals surface area contributed by atoms with Gasteiger partial charge in [-0.3, -0.25) is 4.68 Å². The summed E-state index contributed by atoms with van der Waals surface area (Å²) in [5, 5.41) is 4.41. The minimum absolute atomic E-state index is 0.0777. The molecule has 1 aromatic carbocycles. The number of nitrogens with zero attached hydrogens (tertiary/aromatic N) is 2. The number of carbonyl (C=O) groups excluding carboxylic acids is 3. The van der Waals surface area contributed by atoms with Crippen molar-refractivity contribution in [2.75, 3.05) is 0 Å². The van der Waals surface area contributed by atoms with Gasteiger partial charge in [0.2, 0.25) is 0 Å². The molecule has 0 unspecified atom stereocenters. The maximum atomic E-state index is 12.6. The Kier molecular flexibility index (Phi) is 5.96. The number of esters is 3. The SMILES string of the molecule is CC(C)OC(=O)c1cn(C)nc1-c1cccc(I=C2C(=O)OC3(CCCC3)OC2=O)c1. The van der Waals surface area contributed by atoms with Crippen LogP contribution in [0.3, 0.4) is 0 Å². The average molecular weight is 538 g/mol. The van der Waals surface area contributed by atoms with E-state index in [0.29, 0.717) is 29.7 Å². The molecule has 1 spiro atoms. The molecule has 0 radical (unpaired) electrons. The van der Waals surface area contributed by atoms with E-state index in [0.717, 1.165) is 16.4 Å². The largest absolute Gasteiger partial charge is 0.459 e. The molecule has 2 fully saturated rings. The molecular formula is C22H23IN2O6. The van der Waals surface area contributed by atoms with Crippen molar-refractivity contribution in [2.45, 2.75) is 51.4 Å². The van der Waals surface area contributed by atoms with E-state index in [1.165, 1.54) is 0 Å². The van der Waals surface area contributed by atoms with Gasteiger partial charge in [0.15, 0.2) is 3.51 Å². The van der Waals surface area contributed by atoms with Crippen LogP contribution < -0.4 is 0 Å². The van der Waals surface area contributed by atoms with E-state index in [1.807, 2.05) is 24.3 Å². The number of rotatable bonds is 4. The number of halogens is 1. The van der Waals surface area contributed by atoms with Gasteiger partial charge in [0.25, 0.3) is 5.79 Å². The van der Waals surface area contributed by atoms with Crippen molar-refractivity contribution >= 4 is 42.1 Å². The van der Waals surface area contributed by atoms with Crippen molar-refractivity contribution in [3.63, 3.8) is 0 Å². The van der Waals surface area contributed by atoms with Gasteiger partial charge in [-0.25, -0.2) is 14.4 Å². The summed E-state index contributed by atoms with van der Waals surface area (Å²) in [6.07, 6.45) is 4.23. The highest BCUT2D eigenvalue weighted by Crippen LogP contribution is 2.38. The summed E-state index contributed by atoms with van der Waals surface area (Å²) in [6, 6.07) is 7.33. The highest BCUT2D eigenvalue weighted by molar-refractivity contribution is 14.2. The Hall–Kier alpha value is -2.56. The van der Waals surface area contributed by atoms with Gasteiger partial charge in [0.1, 0.15) is 11.3 Å². The zero-order valence-corrected chi connectivity index (χ0v) is 19.7. The highest BCUT2D eigenvalue weighted by atomic mass is 127. The molecule has 0 atom stereocenters. The number of ether oxygens (including phenoxy) is 3. The second-order valence-corrected chi connectivity index (χ2v) is 10.7. The van der Waals surface area contributed by atoms with E-state index >= 15 is 0 Å². The smallest absolute Gasteiger partial charge is 0.354 e. The van der Waals surface area contributed by atoms with Crippen LogP contribution in [-0.4, -0.2) is 43.1 Å². The number of aryl methyl sites for hydroxylation is 1. The summed E-state index contributed by atoms with van der Waals surface area (Å²) in [5.74, 6) is -2.66. The Labute approximate surface area is 189 Å². The monoisotopic (exact) mass is 538 g/mol. The second-order valence-electron chi connectivity index (χ2n) is 7.83. The lowest BCUT2D eigenvalue weighted by atomic mass is 10.1. The van der Waals surface area contributed by atoms with Gasteiger partial charge in [-0.1, -0.05) is 32.9 Å². The molecule has 0 amide bonds. The summed E-state index contributed by atoms with van der Waals surface area (Å²) < 4.78 is 18.8. The molecule has 1 aliphatic heterocycles. The molecular weight excluding hydrogens is 515 g/mol. The fraction of sp³-hybridized carbons (Fsp3) is 0.409. The first-order valence-corrected chi connectivity index (χ1v) is 12.3. The number of aromatic nitrogens is 2. The fourth-order valence-electron chi connectivity index (χ4n) is 3.66. The molecule has 0 bridgehead atoms. The summed E-state index contributed by atoms with van der Waals surface area (Å²) in [6.45, 7) is 3.57. The third-order valence-electron chi connectivity index (χ3n) is 4.97. The molecule has 0 N–H and O–H groups in total. The number of carbonyl (C=O) groups is 3. The lowest BCUT2D eigenvalue weighted by Gasteiger charge is -2.32. The molecule has 9 heteroatoms. The van der Waals surface area contributed by atoms with E-state index in [-0.39, 0.29) is 9.61 Å². The Morgan fingerprint density at radius 2 is 1.87 bits per heavy atom. The molecule has 31 heavy (non-hydrogen) atoms. The molecule has 8 nitrogen and oxygen atoms in total. The summed E-state index contributed by atoms with van der Waals surface area (Å²) in [5.41, 5.74) is 1.56. The van der Waals surface area contributed by atoms with Crippen molar-refractivity contribution in [1.82, 2.24) is 9.78 Å². The van der Waals surface area contributed by atoms with E-state index in [4.69, 9.17) is 14.2 Å². The zero-order valence-electron chi connectivity index (χ0n) is 17.5. The van der Waals surface area contributed by atoms with Gasteiger partial charge in [0.05, 0.1) is 6.10 Å². The van der Waals surface area contributed by atoms with Gasteiger partial charge in [-0.05, 0) is 38.8 Å². The quantitative estimate of drug-likeness (QED) is 0.435. The Morgan fingerprint density at radius 3 is 2.52 bits per heavy atom.